The molecule has 0 spiro atoms. The summed E-state index contributed by atoms with van der Waals surface area (Å²) in [6.45, 7) is 1.56. The van der Waals surface area contributed by atoms with Crippen molar-refractivity contribution in [3.05, 3.63) is 5.82 Å². The zero-order valence-electron chi connectivity index (χ0n) is 5.72. The Hall–Kier alpha value is -1.02. The zero-order chi connectivity index (χ0) is 8.48. The van der Waals surface area contributed by atoms with Gasteiger partial charge in [0, 0.05) is 6.92 Å². The van der Waals surface area contributed by atoms with Gasteiger partial charge in [0.1, 0.15) is 5.10 Å². The van der Waals surface area contributed by atoms with Gasteiger partial charge in [0.2, 0.25) is 5.88 Å². The maximum absolute atomic E-state index is 10.3. The maximum Gasteiger partial charge on any atom is 0.299 e. The molecular weight excluding hydrogens is 172 g/mol. The van der Waals surface area contributed by atoms with E-state index in [4.69, 9.17) is 4.55 Å². The van der Waals surface area contributed by atoms with Crippen LogP contribution in [0.4, 0.5) is 0 Å². The molecule has 62 valence electrons. The highest BCUT2D eigenvalue weighted by molar-refractivity contribution is 7.84. The molecule has 11 heavy (non-hydrogen) atoms. The summed E-state index contributed by atoms with van der Waals surface area (Å²) in [6, 6.07) is 0. The minimum atomic E-state index is -4.02. The number of hydrogen-bond acceptors (Lipinski definition) is 4. The van der Waals surface area contributed by atoms with Crippen LogP contribution in [0.25, 0.3) is 0 Å². The molecule has 0 bridgehead atoms. The van der Waals surface area contributed by atoms with Crippen molar-refractivity contribution in [2.24, 2.45) is 0 Å². The van der Waals surface area contributed by atoms with E-state index in [1.54, 1.807) is 6.92 Å². The van der Waals surface area contributed by atoms with Crippen LogP contribution in [0, 0.1) is 6.92 Å². The van der Waals surface area contributed by atoms with Crippen LogP contribution in [-0.4, -0.2) is 28.5 Å². The third-order valence-corrected chi connectivity index (χ3v) is 1.63. The molecule has 0 saturated heterocycles. The van der Waals surface area contributed by atoms with E-state index in [0.717, 1.165) is 4.68 Å². The number of hydrogen-bond donors (Lipinski definition) is 2. The van der Waals surface area contributed by atoms with Crippen LogP contribution in [0.5, 0.6) is 0 Å². The van der Waals surface area contributed by atoms with Crippen molar-refractivity contribution in [3.8, 4) is 0 Å². The Labute approximate surface area is 62.8 Å². The third kappa shape index (κ3) is 2.24. The first kappa shape index (κ1) is 8.08. The summed E-state index contributed by atoms with van der Waals surface area (Å²) >= 11 is 0. The Morgan fingerprint density at radius 3 is 2.73 bits per heavy atom. The third-order valence-electron chi connectivity index (χ3n) is 1.04. The molecule has 8 heteroatoms. The van der Waals surface area contributed by atoms with E-state index in [0.29, 0.717) is 5.82 Å². The zero-order valence-corrected chi connectivity index (χ0v) is 6.54. The topological polar surface area (TPSA) is 99.8 Å². The second kappa shape index (κ2) is 2.55. The van der Waals surface area contributed by atoms with E-state index in [2.05, 4.69) is 15.5 Å². The Balaban J connectivity index is 2.89. The fourth-order valence-corrected chi connectivity index (χ4v) is 1.13. The van der Waals surface area contributed by atoms with Crippen LogP contribution < -0.4 is 4.68 Å². The molecule has 0 atom stereocenters. The fourth-order valence-electron chi connectivity index (χ4n) is 0.560. The summed E-state index contributed by atoms with van der Waals surface area (Å²) in [5.41, 5.74) is 0. The van der Waals surface area contributed by atoms with Crippen molar-refractivity contribution >= 4 is 10.1 Å². The van der Waals surface area contributed by atoms with E-state index in [1.165, 1.54) is 0 Å². The number of H-pyrrole nitrogens is 1. The molecule has 0 fully saturated rings. The van der Waals surface area contributed by atoms with Crippen LogP contribution in [0.2, 0.25) is 0 Å². The molecule has 1 aromatic rings. The average Bonchev–Trinajstić information content (AvgIpc) is 2.12. The molecule has 7 nitrogen and oxygen atoms in total. The average molecular weight is 179 g/mol. The molecule has 0 aliphatic carbocycles. The first-order valence-electron chi connectivity index (χ1n) is 2.72. The molecule has 0 radical (unpaired) electrons. The van der Waals surface area contributed by atoms with Crippen LogP contribution in [0.1, 0.15) is 5.82 Å². The summed E-state index contributed by atoms with van der Waals surface area (Å²) in [5, 5.41) is 9.08. The summed E-state index contributed by atoms with van der Waals surface area (Å²) in [7, 11) is -4.02. The fraction of sp³-hybridized carbons (Fsp3) is 0.667. The van der Waals surface area contributed by atoms with Gasteiger partial charge in [-0.05, 0) is 0 Å². The predicted molar refractivity (Wildman–Crippen MR) is 32.9 cm³/mol. The molecule has 0 aliphatic rings. The van der Waals surface area contributed by atoms with Crippen molar-refractivity contribution in [1.29, 1.82) is 0 Å². The molecule has 0 saturated carbocycles. The van der Waals surface area contributed by atoms with Crippen LogP contribution in [0.3, 0.4) is 0 Å². The van der Waals surface area contributed by atoms with Crippen LogP contribution in [-0.2, 0) is 16.0 Å². The largest absolute Gasteiger partial charge is 0.299 e. The SMILES string of the molecule is Cc1nn[nH][n+]1CS(=O)(=O)O. The van der Waals surface area contributed by atoms with Crippen molar-refractivity contribution < 1.29 is 17.7 Å². The molecular formula is C3H7N4O3S+. The normalized spacial score (nSPS) is 11.8. The first-order valence-corrected chi connectivity index (χ1v) is 4.32. The van der Waals surface area contributed by atoms with E-state index in [1.807, 2.05) is 0 Å². The summed E-state index contributed by atoms with van der Waals surface area (Å²) in [5.74, 6) is -0.158. The molecule has 1 aromatic heterocycles. The van der Waals surface area contributed by atoms with Gasteiger partial charge in [-0.2, -0.15) is 8.42 Å². The maximum atomic E-state index is 10.3. The van der Waals surface area contributed by atoms with Crippen molar-refractivity contribution in [3.63, 3.8) is 0 Å². The van der Waals surface area contributed by atoms with Crippen LogP contribution >= 0.6 is 0 Å². The molecule has 0 aliphatic heterocycles. The van der Waals surface area contributed by atoms with E-state index < -0.39 is 16.0 Å². The first-order chi connectivity index (χ1) is 4.99. The lowest BCUT2D eigenvalue weighted by Gasteiger charge is -1.91. The minimum Gasteiger partial charge on any atom is -0.283 e. The second-order valence-corrected chi connectivity index (χ2v) is 3.41. The lowest BCUT2D eigenvalue weighted by atomic mass is 10.7. The highest BCUT2D eigenvalue weighted by atomic mass is 32.2. The smallest absolute Gasteiger partial charge is 0.283 e. The van der Waals surface area contributed by atoms with E-state index >= 15 is 0 Å². The Morgan fingerprint density at radius 2 is 2.36 bits per heavy atom. The summed E-state index contributed by atoms with van der Waals surface area (Å²) in [4.78, 5) is 0. The standard InChI is InChI=1S/C3H6N4O3S/c1-3-4-5-6-7(3)2-11(8,9)10/h2H2,1H3,(H,8,9,10)/p+1. The molecule has 0 amide bonds. The quantitative estimate of drug-likeness (QED) is 0.414. The van der Waals surface area contributed by atoms with Crippen molar-refractivity contribution in [1.82, 2.24) is 15.5 Å². The van der Waals surface area contributed by atoms with E-state index in [9.17, 15) is 8.42 Å². The number of nitrogens with one attached hydrogen (secondary N) is 1. The van der Waals surface area contributed by atoms with Gasteiger partial charge in [0.25, 0.3) is 15.9 Å². The van der Waals surface area contributed by atoms with Crippen LogP contribution in [0.15, 0.2) is 0 Å². The number of rotatable bonds is 2. The molecule has 0 unspecified atom stereocenters. The number of aromatic nitrogens is 4. The summed E-state index contributed by atoms with van der Waals surface area (Å²) < 4.78 is 30.1. The lowest BCUT2D eigenvalue weighted by Crippen LogP contribution is -2.42. The van der Waals surface area contributed by atoms with Gasteiger partial charge in [-0.3, -0.25) is 4.55 Å². The van der Waals surface area contributed by atoms with Gasteiger partial charge in [-0.15, -0.1) is 4.68 Å². The Morgan fingerprint density at radius 1 is 1.73 bits per heavy atom. The highest BCUT2D eigenvalue weighted by Gasteiger charge is 2.14. The van der Waals surface area contributed by atoms with Crippen molar-refractivity contribution in [2.45, 2.75) is 12.8 Å². The molecule has 1 heterocycles. The molecule has 2 N–H and O–H groups in total. The minimum absolute atomic E-state index is 0.391. The highest BCUT2D eigenvalue weighted by Crippen LogP contribution is 1.81. The van der Waals surface area contributed by atoms with Crippen molar-refractivity contribution in [2.75, 3.05) is 0 Å². The predicted octanol–water partition coefficient (Wildman–Crippen LogP) is -1.75. The number of nitrogens with zero attached hydrogens (tertiary/aromatic N) is 3. The van der Waals surface area contributed by atoms with Gasteiger partial charge >= 0.3 is 0 Å². The van der Waals surface area contributed by atoms with Gasteiger partial charge in [-0.25, -0.2) is 0 Å². The number of aryl methyl sites for hydroxylation is 1. The number of aromatic amines is 1. The Bertz CT molecular complexity index is 341. The lowest BCUT2D eigenvalue weighted by molar-refractivity contribution is -0.742. The number of tetrazole rings is 1. The van der Waals surface area contributed by atoms with E-state index in [-0.39, 0.29) is 0 Å². The van der Waals surface area contributed by atoms with Gasteiger partial charge in [0.15, 0.2) is 5.21 Å². The van der Waals surface area contributed by atoms with Gasteiger partial charge in [0.05, 0.1) is 0 Å². The second-order valence-electron chi connectivity index (χ2n) is 1.99. The molecule has 1 rings (SSSR count). The Kier molecular flexibility index (Phi) is 1.87. The molecule has 0 aromatic carbocycles. The monoisotopic (exact) mass is 179 g/mol. The summed E-state index contributed by atoms with van der Waals surface area (Å²) in [6.07, 6.45) is 0. The van der Waals surface area contributed by atoms with Gasteiger partial charge in [-0.1, -0.05) is 5.21 Å². The van der Waals surface area contributed by atoms with Gasteiger partial charge < -0.3 is 0 Å².